The fourth-order valence-electron chi connectivity index (χ4n) is 2.68. The fourth-order valence-corrected chi connectivity index (χ4v) is 3.70. The highest BCUT2D eigenvalue weighted by Crippen LogP contribution is 2.31. The molecule has 8 heteroatoms. The molecule has 4 rings (SSSR count). The van der Waals surface area contributed by atoms with E-state index in [4.69, 9.17) is 21.1 Å². The maximum atomic E-state index is 5.99. The third kappa shape index (κ3) is 3.76. The first kappa shape index (κ1) is 17.5. The lowest BCUT2D eigenvalue weighted by molar-refractivity contribution is -0.0565. The Morgan fingerprint density at radius 3 is 2.85 bits per heavy atom. The van der Waals surface area contributed by atoms with E-state index in [0.29, 0.717) is 11.6 Å². The predicted octanol–water partition coefficient (Wildman–Crippen LogP) is 3.74. The van der Waals surface area contributed by atoms with Crippen molar-refractivity contribution in [1.82, 2.24) is 19.7 Å². The molecule has 3 heterocycles. The van der Waals surface area contributed by atoms with Gasteiger partial charge in [0.25, 0.3) is 0 Å². The van der Waals surface area contributed by atoms with Crippen molar-refractivity contribution >= 4 is 23.4 Å². The van der Waals surface area contributed by atoms with Gasteiger partial charge in [0, 0.05) is 41.3 Å². The molecule has 0 radical (unpaired) electrons. The van der Waals surface area contributed by atoms with Gasteiger partial charge in [-0.05, 0) is 24.3 Å². The van der Waals surface area contributed by atoms with Gasteiger partial charge in [-0.25, -0.2) is 0 Å². The normalized spacial score (nSPS) is 19.8. The number of nitrogens with zero attached hydrogens (tertiary/aromatic N) is 4. The van der Waals surface area contributed by atoms with E-state index in [1.807, 2.05) is 48.0 Å². The summed E-state index contributed by atoms with van der Waals surface area (Å²) in [6.07, 6.45) is 3.18. The molecule has 1 aromatic carbocycles. The van der Waals surface area contributed by atoms with Crippen LogP contribution in [-0.4, -0.2) is 38.2 Å². The largest absolute Gasteiger partial charge is 0.346 e. The van der Waals surface area contributed by atoms with E-state index >= 15 is 0 Å². The first-order chi connectivity index (χ1) is 12.7. The lowest BCUT2D eigenvalue weighted by Crippen LogP contribution is -2.13. The zero-order valence-corrected chi connectivity index (χ0v) is 15.7. The third-order valence-electron chi connectivity index (χ3n) is 4.04. The van der Waals surface area contributed by atoms with E-state index < -0.39 is 0 Å². The maximum Gasteiger partial charge on any atom is 0.191 e. The first-order valence-electron chi connectivity index (χ1n) is 8.16. The molecule has 0 amide bonds. The number of hydrogen-bond donors (Lipinski definition) is 0. The van der Waals surface area contributed by atoms with E-state index in [2.05, 4.69) is 15.2 Å². The molecule has 0 saturated carbocycles. The second kappa shape index (κ2) is 7.75. The van der Waals surface area contributed by atoms with Crippen molar-refractivity contribution < 1.29 is 9.47 Å². The molecule has 3 aromatic rings. The van der Waals surface area contributed by atoms with Crippen molar-refractivity contribution in [2.75, 3.05) is 12.4 Å². The van der Waals surface area contributed by atoms with Gasteiger partial charge in [0.2, 0.25) is 0 Å². The molecule has 1 aliphatic rings. The molecule has 2 atom stereocenters. The summed E-state index contributed by atoms with van der Waals surface area (Å²) < 4.78 is 13.7. The standard InChI is InChI=1S/C18H17ClN4O2S/c1-23-16(13-3-2-8-20-9-13)21-22-18(23)26-11-15-10-24-17(25-15)12-4-6-14(19)7-5-12/h2-9,15,17H,10-11H2,1H3. The van der Waals surface area contributed by atoms with Crippen LogP contribution in [0.3, 0.4) is 0 Å². The summed E-state index contributed by atoms with van der Waals surface area (Å²) in [6.45, 7) is 0.549. The Labute approximate surface area is 160 Å². The highest BCUT2D eigenvalue weighted by molar-refractivity contribution is 7.99. The number of thioether (sulfide) groups is 1. The number of aromatic nitrogens is 4. The highest BCUT2D eigenvalue weighted by Gasteiger charge is 2.28. The van der Waals surface area contributed by atoms with E-state index in [1.165, 1.54) is 0 Å². The van der Waals surface area contributed by atoms with Crippen molar-refractivity contribution in [1.29, 1.82) is 0 Å². The Bertz CT molecular complexity index is 873. The summed E-state index contributed by atoms with van der Waals surface area (Å²) in [5, 5.41) is 10.1. The number of pyridine rings is 1. The summed E-state index contributed by atoms with van der Waals surface area (Å²) in [6, 6.07) is 11.4. The van der Waals surface area contributed by atoms with Crippen LogP contribution in [0.2, 0.25) is 5.02 Å². The van der Waals surface area contributed by atoms with Crippen molar-refractivity contribution in [3.8, 4) is 11.4 Å². The van der Waals surface area contributed by atoms with Gasteiger partial charge < -0.3 is 14.0 Å². The topological polar surface area (TPSA) is 62.1 Å². The second-order valence-electron chi connectivity index (χ2n) is 5.89. The number of rotatable bonds is 5. The Balaban J connectivity index is 1.37. The smallest absolute Gasteiger partial charge is 0.191 e. The Morgan fingerprint density at radius 2 is 2.08 bits per heavy atom. The molecule has 1 saturated heterocycles. The molecular weight excluding hydrogens is 372 g/mol. The van der Waals surface area contributed by atoms with Crippen LogP contribution in [0.4, 0.5) is 0 Å². The summed E-state index contributed by atoms with van der Waals surface area (Å²) in [7, 11) is 1.95. The van der Waals surface area contributed by atoms with Gasteiger partial charge in [-0.3, -0.25) is 4.98 Å². The molecule has 2 unspecified atom stereocenters. The summed E-state index contributed by atoms with van der Waals surface area (Å²) in [5.74, 6) is 1.53. The number of halogens is 1. The van der Waals surface area contributed by atoms with Crippen molar-refractivity contribution in [2.45, 2.75) is 17.6 Å². The minimum Gasteiger partial charge on any atom is -0.346 e. The Hall–Kier alpha value is -1.93. The highest BCUT2D eigenvalue weighted by atomic mass is 35.5. The summed E-state index contributed by atoms with van der Waals surface area (Å²) in [4.78, 5) is 4.13. The number of hydrogen-bond acceptors (Lipinski definition) is 6. The molecule has 0 N–H and O–H groups in total. The maximum absolute atomic E-state index is 5.99. The first-order valence-corrected chi connectivity index (χ1v) is 9.52. The van der Waals surface area contributed by atoms with Gasteiger partial charge in [-0.15, -0.1) is 10.2 Å². The molecule has 0 bridgehead atoms. The zero-order valence-electron chi connectivity index (χ0n) is 14.1. The van der Waals surface area contributed by atoms with Crippen LogP contribution >= 0.6 is 23.4 Å². The van der Waals surface area contributed by atoms with Crippen molar-refractivity contribution in [3.63, 3.8) is 0 Å². The van der Waals surface area contributed by atoms with Gasteiger partial charge in [-0.1, -0.05) is 35.5 Å². The van der Waals surface area contributed by atoms with E-state index in [0.717, 1.165) is 27.9 Å². The molecule has 6 nitrogen and oxygen atoms in total. The third-order valence-corrected chi connectivity index (χ3v) is 5.45. The van der Waals surface area contributed by atoms with Crippen LogP contribution in [0.25, 0.3) is 11.4 Å². The lowest BCUT2D eigenvalue weighted by Gasteiger charge is -2.11. The molecule has 1 aliphatic heterocycles. The SMILES string of the molecule is Cn1c(SCC2COC(c3ccc(Cl)cc3)O2)nnc1-c1cccnc1. The van der Waals surface area contributed by atoms with Crippen LogP contribution in [0.1, 0.15) is 11.9 Å². The van der Waals surface area contributed by atoms with Crippen LogP contribution in [0.5, 0.6) is 0 Å². The van der Waals surface area contributed by atoms with E-state index in [9.17, 15) is 0 Å². The molecule has 0 spiro atoms. The summed E-state index contributed by atoms with van der Waals surface area (Å²) >= 11 is 7.52. The molecule has 1 fully saturated rings. The monoisotopic (exact) mass is 388 g/mol. The van der Waals surface area contributed by atoms with Crippen LogP contribution in [-0.2, 0) is 16.5 Å². The van der Waals surface area contributed by atoms with Gasteiger partial charge in [0.05, 0.1) is 12.7 Å². The van der Waals surface area contributed by atoms with Gasteiger partial charge in [-0.2, -0.15) is 0 Å². The van der Waals surface area contributed by atoms with Crippen LogP contribution in [0.15, 0.2) is 53.9 Å². The quantitative estimate of drug-likeness (QED) is 0.620. The Morgan fingerprint density at radius 1 is 1.23 bits per heavy atom. The minimum absolute atomic E-state index is 0.000722. The average molecular weight is 389 g/mol. The van der Waals surface area contributed by atoms with E-state index in [-0.39, 0.29) is 12.4 Å². The van der Waals surface area contributed by atoms with Crippen LogP contribution in [0, 0.1) is 0 Å². The zero-order chi connectivity index (χ0) is 17.9. The number of ether oxygens (including phenoxy) is 2. The summed E-state index contributed by atoms with van der Waals surface area (Å²) in [5.41, 5.74) is 1.91. The average Bonchev–Trinajstić information content (AvgIpc) is 3.28. The van der Waals surface area contributed by atoms with Gasteiger partial charge in [0.1, 0.15) is 0 Å². The Kier molecular flexibility index (Phi) is 5.21. The minimum atomic E-state index is -0.344. The second-order valence-corrected chi connectivity index (χ2v) is 7.32. The molecule has 2 aromatic heterocycles. The lowest BCUT2D eigenvalue weighted by atomic mass is 10.2. The fraction of sp³-hybridized carbons (Fsp3) is 0.278. The molecule has 0 aliphatic carbocycles. The van der Waals surface area contributed by atoms with Crippen molar-refractivity contribution in [2.24, 2.45) is 7.05 Å². The van der Waals surface area contributed by atoms with Crippen molar-refractivity contribution in [3.05, 3.63) is 59.4 Å². The molecule has 26 heavy (non-hydrogen) atoms. The van der Waals surface area contributed by atoms with Gasteiger partial charge in [0.15, 0.2) is 17.3 Å². The van der Waals surface area contributed by atoms with E-state index in [1.54, 1.807) is 24.2 Å². The molecular formula is C18H17ClN4O2S. The van der Waals surface area contributed by atoms with Crippen LogP contribution < -0.4 is 0 Å². The molecule has 134 valence electrons. The predicted molar refractivity (Wildman–Crippen MR) is 100.0 cm³/mol. The van der Waals surface area contributed by atoms with Gasteiger partial charge >= 0.3 is 0 Å². The number of benzene rings is 1.